The smallest absolute Gasteiger partial charge is 0.267 e. The van der Waals surface area contributed by atoms with Gasteiger partial charge >= 0.3 is 0 Å². The highest BCUT2D eigenvalue weighted by atomic mass is 79.9. The number of carbonyl (C=O) groups excluding carboxylic acids is 1. The molecule has 102 valence electrons. The van der Waals surface area contributed by atoms with Gasteiger partial charge in [-0.25, -0.2) is 4.98 Å². The summed E-state index contributed by atoms with van der Waals surface area (Å²) < 4.78 is 0.539. The first-order valence-electron chi connectivity index (χ1n) is 5.63. The number of carbonyl (C=O) groups is 1. The molecule has 0 fully saturated rings. The van der Waals surface area contributed by atoms with E-state index >= 15 is 0 Å². The molecule has 0 spiro atoms. The predicted molar refractivity (Wildman–Crippen MR) is 86.9 cm³/mol. The van der Waals surface area contributed by atoms with Gasteiger partial charge in [0.05, 0.1) is 27.1 Å². The van der Waals surface area contributed by atoms with Gasteiger partial charge < -0.3 is 22.1 Å². The average Bonchev–Trinajstić information content (AvgIpc) is 2.67. The van der Waals surface area contributed by atoms with Crippen LogP contribution in [0.1, 0.15) is 16.1 Å². The van der Waals surface area contributed by atoms with E-state index in [1.807, 2.05) is 0 Å². The number of aromatic nitrogens is 1. The molecular formula is C12H10BrN5OS. The average molecular weight is 352 g/mol. The Morgan fingerprint density at radius 1 is 1.40 bits per heavy atom. The van der Waals surface area contributed by atoms with Gasteiger partial charge in [0.15, 0.2) is 0 Å². The number of pyridine rings is 1. The molecule has 0 aliphatic carbocycles. The highest BCUT2D eigenvalue weighted by Gasteiger charge is 2.31. The molecule has 6 nitrogen and oxygen atoms in total. The van der Waals surface area contributed by atoms with Crippen LogP contribution in [-0.4, -0.2) is 22.9 Å². The maximum absolute atomic E-state index is 11.4. The summed E-state index contributed by atoms with van der Waals surface area (Å²) in [5, 5.41) is 0.751. The van der Waals surface area contributed by atoms with Gasteiger partial charge in [-0.2, -0.15) is 0 Å². The van der Waals surface area contributed by atoms with E-state index in [1.165, 1.54) is 0 Å². The van der Waals surface area contributed by atoms with Gasteiger partial charge in [-0.3, -0.25) is 4.79 Å². The number of amides is 1. The van der Waals surface area contributed by atoms with Crippen LogP contribution in [0.5, 0.6) is 0 Å². The maximum atomic E-state index is 11.4. The van der Waals surface area contributed by atoms with Gasteiger partial charge in [0.1, 0.15) is 10.7 Å². The van der Waals surface area contributed by atoms with Crippen LogP contribution in [-0.2, 0) is 0 Å². The van der Waals surface area contributed by atoms with E-state index in [0.29, 0.717) is 31.9 Å². The summed E-state index contributed by atoms with van der Waals surface area (Å²) >= 11 is 8.73. The Kier molecular flexibility index (Phi) is 2.63. The van der Waals surface area contributed by atoms with Crippen molar-refractivity contribution in [2.24, 2.45) is 5.73 Å². The van der Waals surface area contributed by atoms with E-state index in [4.69, 9.17) is 29.4 Å². The summed E-state index contributed by atoms with van der Waals surface area (Å²) in [6.45, 7) is 0. The Balaban J connectivity index is 2.58. The lowest BCUT2D eigenvalue weighted by atomic mass is 10.1. The van der Waals surface area contributed by atoms with E-state index < -0.39 is 5.91 Å². The Hall–Kier alpha value is -1.93. The van der Waals surface area contributed by atoms with Crippen molar-refractivity contribution in [3.63, 3.8) is 0 Å². The summed E-state index contributed by atoms with van der Waals surface area (Å²) in [7, 11) is 1.81. The zero-order valence-corrected chi connectivity index (χ0v) is 12.8. The van der Waals surface area contributed by atoms with E-state index in [1.54, 1.807) is 18.0 Å². The van der Waals surface area contributed by atoms with Crippen molar-refractivity contribution in [2.75, 3.05) is 23.4 Å². The highest BCUT2D eigenvalue weighted by molar-refractivity contribution is 9.10. The second kappa shape index (κ2) is 4.03. The minimum Gasteiger partial charge on any atom is -0.396 e. The van der Waals surface area contributed by atoms with Gasteiger partial charge in [0, 0.05) is 18.0 Å². The van der Waals surface area contributed by atoms with Crippen molar-refractivity contribution in [1.29, 1.82) is 0 Å². The number of anilines is 3. The first-order chi connectivity index (χ1) is 9.34. The van der Waals surface area contributed by atoms with Crippen molar-refractivity contribution >= 4 is 67.0 Å². The number of nitrogens with zero attached hydrogens (tertiary/aromatic N) is 2. The zero-order chi connectivity index (χ0) is 14.8. The minimum atomic E-state index is -0.630. The van der Waals surface area contributed by atoms with E-state index in [-0.39, 0.29) is 5.69 Å². The van der Waals surface area contributed by atoms with Crippen LogP contribution in [0.3, 0.4) is 0 Å². The molecule has 0 saturated carbocycles. The normalized spacial score (nSPS) is 13.3. The third-order valence-corrected chi connectivity index (χ3v) is 4.71. The Labute approximate surface area is 128 Å². The lowest BCUT2D eigenvalue weighted by molar-refractivity contribution is 0.0996. The number of nitrogens with two attached hydrogens (primary N) is 3. The molecule has 2 heterocycles. The third kappa shape index (κ3) is 1.46. The molecule has 1 amide bonds. The van der Waals surface area contributed by atoms with Gasteiger partial charge in [-0.15, -0.1) is 0 Å². The fraction of sp³-hybridized carbons (Fsp3) is 0.0833. The number of benzene rings is 1. The van der Waals surface area contributed by atoms with Crippen molar-refractivity contribution in [1.82, 2.24) is 4.98 Å². The number of nitrogen functional groups attached to an aromatic ring is 2. The zero-order valence-electron chi connectivity index (χ0n) is 10.4. The highest BCUT2D eigenvalue weighted by Crippen LogP contribution is 2.47. The molecule has 0 radical (unpaired) electrons. The number of thiocarbonyl (C=S) groups is 1. The van der Waals surface area contributed by atoms with Crippen LogP contribution in [0.4, 0.5) is 17.1 Å². The molecule has 0 bridgehead atoms. The predicted octanol–water partition coefficient (Wildman–Crippen LogP) is 1.39. The first-order valence-corrected chi connectivity index (χ1v) is 6.83. The second-order valence-electron chi connectivity index (χ2n) is 4.50. The van der Waals surface area contributed by atoms with Gasteiger partial charge in [0.25, 0.3) is 5.91 Å². The molecule has 1 aliphatic rings. The largest absolute Gasteiger partial charge is 0.396 e. The second-order valence-corrected chi connectivity index (χ2v) is 5.68. The molecular weight excluding hydrogens is 342 g/mol. The van der Waals surface area contributed by atoms with Crippen LogP contribution in [0.15, 0.2) is 10.5 Å². The molecule has 1 aliphatic heterocycles. The van der Waals surface area contributed by atoms with Crippen molar-refractivity contribution in [2.45, 2.75) is 0 Å². The standard InChI is InChI=1S/C12H10BrN5OS/c1-18-10-5-3(12(18)20)2-4(11(16)19)17-9(5)7(14)6(13)8(10)15/h2H,14-15H2,1H3,(H2,16,19). The summed E-state index contributed by atoms with van der Waals surface area (Å²) in [6, 6.07) is 1.58. The molecule has 20 heavy (non-hydrogen) atoms. The lowest BCUT2D eigenvalue weighted by Crippen LogP contribution is -2.21. The van der Waals surface area contributed by atoms with Crippen molar-refractivity contribution in [3.05, 3.63) is 21.8 Å². The molecule has 0 unspecified atom stereocenters. The minimum absolute atomic E-state index is 0.125. The number of halogens is 1. The summed E-state index contributed by atoms with van der Waals surface area (Å²) in [5.41, 5.74) is 20.3. The van der Waals surface area contributed by atoms with Crippen LogP contribution in [0, 0.1) is 0 Å². The number of primary amides is 1. The topological polar surface area (TPSA) is 111 Å². The van der Waals surface area contributed by atoms with E-state index in [9.17, 15) is 4.79 Å². The monoisotopic (exact) mass is 351 g/mol. The number of hydrogen-bond donors (Lipinski definition) is 3. The van der Waals surface area contributed by atoms with Crippen LogP contribution in [0.25, 0.3) is 10.9 Å². The molecule has 8 heteroatoms. The van der Waals surface area contributed by atoms with Gasteiger partial charge in [0.2, 0.25) is 0 Å². The molecule has 1 aromatic carbocycles. The molecule has 1 aromatic heterocycles. The molecule has 6 N–H and O–H groups in total. The fourth-order valence-corrected chi connectivity index (χ4v) is 3.02. The quantitative estimate of drug-likeness (QED) is 0.528. The fourth-order valence-electron chi connectivity index (χ4n) is 2.39. The summed E-state index contributed by atoms with van der Waals surface area (Å²) in [4.78, 5) is 18.0. The third-order valence-electron chi connectivity index (χ3n) is 3.36. The Morgan fingerprint density at radius 3 is 2.65 bits per heavy atom. The van der Waals surface area contributed by atoms with Crippen LogP contribution < -0.4 is 22.1 Å². The maximum Gasteiger partial charge on any atom is 0.267 e. The van der Waals surface area contributed by atoms with Crippen molar-refractivity contribution < 1.29 is 4.79 Å². The molecule has 2 aromatic rings. The van der Waals surface area contributed by atoms with Gasteiger partial charge in [-0.05, 0) is 22.0 Å². The molecule has 3 rings (SSSR count). The van der Waals surface area contributed by atoms with E-state index in [2.05, 4.69) is 20.9 Å². The molecule has 0 saturated heterocycles. The van der Waals surface area contributed by atoms with Crippen molar-refractivity contribution in [3.8, 4) is 0 Å². The van der Waals surface area contributed by atoms with Crippen LogP contribution >= 0.6 is 28.1 Å². The van der Waals surface area contributed by atoms with E-state index in [0.717, 1.165) is 11.1 Å². The Bertz CT molecular complexity index is 820. The number of hydrogen-bond acceptors (Lipinski definition) is 5. The first kappa shape index (κ1) is 13.1. The SMILES string of the molecule is CN1C(=S)c2cc(C(N)=O)nc3c(N)c(Br)c(N)c1c23. The summed E-state index contributed by atoms with van der Waals surface area (Å²) in [6.07, 6.45) is 0. The lowest BCUT2D eigenvalue weighted by Gasteiger charge is -2.16. The van der Waals surface area contributed by atoms with Crippen LogP contribution in [0.2, 0.25) is 0 Å². The molecule has 0 atom stereocenters. The summed E-state index contributed by atoms with van der Waals surface area (Å²) in [5.74, 6) is -0.630. The van der Waals surface area contributed by atoms with Gasteiger partial charge in [-0.1, -0.05) is 12.2 Å². The number of rotatable bonds is 1. The Morgan fingerprint density at radius 2 is 2.05 bits per heavy atom.